The highest BCUT2D eigenvalue weighted by molar-refractivity contribution is 5.95. The van der Waals surface area contributed by atoms with Gasteiger partial charge in [-0.25, -0.2) is 4.79 Å². The second kappa shape index (κ2) is 8.89. The van der Waals surface area contributed by atoms with Crippen LogP contribution >= 0.6 is 0 Å². The fraction of sp³-hybridized carbons (Fsp3) is 0.517. The Balaban J connectivity index is 1.36. The summed E-state index contributed by atoms with van der Waals surface area (Å²) >= 11 is 0. The van der Waals surface area contributed by atoms with E-state index in [1.165, 1.54) is 0 Å². The number of allylic oxidation sites excluding steroid dienone is 6. The molecule has 1 saturated heterocycles. The van der Waals surface area contributed by atoms with Crippen LogP contribution in [0.5, 0.6) is 0 Å². The Hall–Kier alpha value is -2.90. The zero-order valence-electron chi connectivity index (χ0n) is 21.3. The molecule has 192 valence electrons. The summed E-state index contributed by atoms with van der Waals surface area (Å²) in [5.41, 5.74) is 1.77. The van der Waals surface area contributed by atoms with Crippen molar-refractivity contribution in [2.45, 2.75) is 51.8 Å². The zero-order chi connectivity index (χ0) is 25.8. The molecule has 36 heavy (non-hydrogen) atoms. The van der Waals surface area contributed by atoms with Crippen LogP contribution < -0.4 is 0 Å². The van der Waals surface area contributed by atoms with Crippen LogP contribution in [0.3, 0.4) is 0 Å². The van der Waals surface area contributed by atoms with Crippen molar-refractivity contribution in [3.63, 3.8) is 0 Å². The summed E-state index contributed by atoms with van der Waals surface area (Å²) < 4.78 is 5.51. The summed E-state index contributed by atoms with van der Waals surface area (Å²) in [4.78, 5) is 28.3. The van der Waals surface area contributed by atoms with Gasteiger partial charge in [0.15, 0.2) is 0 Å². The minimum atomic E-state index is -0.545. The molecule has 3 aliphatic heterocycles. The number of hydrogen-bond donors (Lipinski definition) is 2. The minimum Gasteiger partial charge on any atom is -0.423 e. The molecule has 7 nitrogen and oxygen atoms in total. The van der Waals surface area contributed by atoms with Crippen molar-refractivity contribution in [2.75, 3.05) is 20.2 Å². The van der Waals surface area contributed by atoms with E-state index < -0.39 is 17.5 Å². The number of hydrogen-bond acceptors (Lipinski definition) is 6. The molecule has 3 unspecified atom stereocenters. The Morgan fingerprint density at radius 1 is 1.28 bits per heavy atom. The van der Waals surface area contributed by atoms with E-state index in [-0.39, 0.29) is 35.9 Å². The Morgan fingerprint density at radius 3 is 2.81 bits per heavy atom. The average molecular weight is 493 g/mol. The molecule has 0 radical (unpaired) electrons. The highest BCUT2D eigenvalue weighted by Crippen LogP contribution is 2.61. The number of cyclic esters (lactones) is 1. The van der Waals surface area contributed by atoms with Gasteiger partial charge < -0.3 is 24.7 Å². The lowest BCUT2D eigenvalue weighted by molar-refractivity contribution is -0.145. The zero-order valence-corrected chi connectivity index (χ0v) is 21.3. The quantitative estimate of drug-likeness (QED) is 0.463. The Morgan fingerprint density at radius 2 is 2.06 bits per heavy atom. The van der Waals surface area contributed by atoms with E-state index in [1.54, 1.807) is 24.1 Å². The number of amides is 1. The normalized spacial score (nSPS) is 39.5. The number of carbonyl (C=O) groups excluding carboxylic acids is 2. The molecule has 0 aromatic carbocycles. The largest absolute Gasteiger partial charge is 0.423 e. The van der Waals surface area contributed by atoms with Crippen molar-refractivity contribution < 1.29 is 24.5 Å². The van der Waals surface area contributed by atoms with Gasteiger partial charge in [0.2, 0.25) is 5.91 Å². The van der Waals surface area contributed by atoms with Crippen LogP contribution in [0.1, 0.15) is 39.5 Å². The minimum absolute atomic E-state index is 0.0435. The number of rotatable bonds is 4. The lowest BCUT2D eigenvalue weighted by atomic mass is 9.46. The Labute approximate surface area is 212 Å². The predicted molar refractivity (Wildman–Crippen MR) is 136 cm³/mol. The number of aliphatic hydroxyl groups is 2. The van der Waals surface area contributed by atoms with Crippen molar-refractivity contribution in [1.29, 1.82) is 0 Å². The molecule has 0 spiro atoms. The van der Waals surface area contributed by atoms with Crippen molar-refractivity contribution in [1.82, 2.24) is 9.80 Å². The van der Waals surface area contributed by atoms with Crippen LogP contribution in [0.4, 0.5) is 0 Å². The summed E-state index contributed by atoms with van der Waals surface area (Å²) in [6, 6.07) is 0. The molecule has 2 saturated carbocycles. The first-order valence-corrected chi connectivity index (χ1v) is 12.8. The molecular formula is C29H36N2O5. The van der Waals surface area contributed by atoms with Crippen LogP contribution in [-0.2, 0) is 14.3 Å². The third-order valence-electron chi connectivity index (χ3n) is 9.30. The van der Waals surface area contributed by atoms with E-state index in [1.807, 2.05) is 36.3 Å². The molecule has 5 aliphatic rings. The van der Waals surface area contributed by atoms with E-state index in [2.05, 4.69) is 19.6 Å². The Bertz CT molecular complexity index is 1150. The Kier molecular flexibility index (Phi) is 6.12. The predicted octanol–water partition coefficient (Wildman–Crippen LogP) is 3.21. The first-order valence-electron chi connectivity index (χ1n) is 12.8. The standard InChI is InChI=1S/C29H36N2O5/c1-18-5-9-23-28(2,12-11-24(33)29(23,3)17-32)22(18)8-7-20-14-21(36-27(20)35)13-19-6-10-25-30(4)26(34)16-31(25)15-19/h6-8,10,13-15,22-25,32-33H,1,5,9,11-12,16-17H2,2-4H3/t22?,23?,24-,25?,28-,29+/m1/s1. The SMILES string of the molecule is C=C1CCC2[C@](C)(CC[C@@H](O)[C@@]2(C)CO)C1C=CC1=CC(=CC2=CN3CC(=O)N(C)C3C=C2)OC1=O. The molecular weight excluding hydrogens is 456 g/mol. The monoisotopic (exact) mass is 492 g/mol. The first-order chi connectivity index (χ1) is 17.1. The third kappa shape index (κ3) is 3.89. The summed E-state index contributed by atoms with van der Waals surface area (Å²) in [7, 11) is 1.79. The van der Waals surface area contributed by atoms with Gasteiger partial charge in [0, 0.05) is 24.6 Å². The van der Waals surface area contributed by atoms with Crippen LogP contribution in [-0.4, -0.2) is 64.4 Å². The topological polar surface area (TPSA) is 90.3 Å². The number of fused-ring (bicyclic) bond motifs is 2. The van der Waals surface area contributed by atoms with Gasteiger partial charge >= 0.3 is 5.97 Å². The summed E-state index contributed by atoms with van der Waals surface area (Å²) in [6.07, 6.45) is 15.9. The molecule has 6 atom stereocenters. The molecule has 3 heterocycles. The maximum absolute atomic E-state index is 12.6. The van der Waals surface area contributed by atoms with Crippen molar-refractivity contribution >= 4 is 11.9 Å². The van der Waals surface area contributed by atoms with Gasteiger partial charge in [-0.3, -0.25) is 4.79 Å². The molecule has 0 aromatic rings. The van der Waals surface area contributed by atoms with Crippen LogP contribution in [0.15, 0.2) is 71.7 Å². The van der Waals surface area contributed by atoms with Gasteiger partial charge in [-0.05, 0) is 60.8 Å². The average Bonchev–Trinajstić information content (AvgIpc) is 3.33. The molecule has 0 bridgehead atoms. The molecule has 2 aliphatic carbocycles. The lowest BCUT2D eigenvalue weighted by Crippen LogP contribution is -2.57. The lowest BCUT2D eigenvalue weighted by Gasteiger charge is -2.59. The van der Waals surface area contributed by atoms with Gasteiger partial charge in [-0.15, -0.1) is 0 Å². The maximum Gasteiger partial charge on any atom is 0.343 e. The van der Waals surface area contributed by atoms with Crippen LogP contribution in [0, 0.1) is 22.7 Å². The van der Waals surface area contributed by atoms with Gasteiger partial charge in [0.1, 0.15) is 11.9 Å². The molecule has 5 rings (SSSR count). The van der Waals surface area contributed by atoms with E-state index in [4.69, 9.17) is 4.74 Å². The van der Waals surface area contributed by atoms with Crippen molar-refractivity contribution in [3.05, 3.63) is 71.7 Å². The number of esters is 1. The van der Waals surface area contributed by atoms with Gasteiger partial charge in [-0.1, -0.05) is 44.2 Å². The van der Waals surface area contributed by atoms with E-state index in [0.717, 1.165) is 30.4 Å². The number of carbonyl (C=O) groups is 2. The fourth-order valence-corrected chi connectivity index (χ4v) is 7.06. The van der Waals surface area contributed by atoms with Crippen LogP contribution in [0.25, 0.3) is 0 Å². The molecule has 1 amide bonds. The smallest absolute Gasteiger partial charge is 0.343 e. The second-order valence-corrected chi connectivity index (χ2v) is 11.4. The first kappa shape index (κ1) is 24.8. The molecule has 7 heteroatoms. The number of ether oxygens (including phenoxy) is 1. The van der Waals surface area contributed by atoms with E-state index in [9.17, 15) is 19.8 Å². The van der Waals surface area contributed by atoms with Gasteiger partial charge in [-0.2, -0.15) is 0 Å². The highest BCUT2D eigenvalue weighted by atomic mass is 16.5. The number of likely N-dealkylation sites (N-methyl/N-ethyl adjacent to an activating group) is 1. The maximum atomic E-state index is 12.6. The second-order valence-electron chi connectivity index (χ2n) is 11.4. The van der Waals surface area contributed by atoms with Crippen molar-refractivity contribution in [3.8, 4) is 0 Å². The number of nitrogens with zero attached hydrogens (tertiary/aromatic N) is 2. The fourth-order valence-electron chi connectivity index (χ4n) is 7.06. The molecule has 2 N–H and O–H groups in total. The number of aliphatic hydroxyl groups excluding tert-OH is 2. The summed E-state index contributed by atoms with van der Waals surface area (Å²) in [5.74, 6) is 0.343. The summed E-state index contributed by atoms with van der Waals surface area (Å²) in [5, 5.41) is 20.9. The van der Waals surface area contributed by atoms with Gasteiger partial charge in [0.25, 0.3) is 0 Å². The highest BCUT2D eigenvalue weighted by Gasteiger charge is 2.57. The van der Waals surface area contributed by atoms with E-state index in [0.29, 0.717) is 24.3 Å². The van der Waals surface area contributed by atoms with Crippen LogP contribution in [0.2, 0.25) is 0 Å². The summed E-state index contributed by atoms with van der Waals surface area (Å²) in [6.45, 7) is 8.86. The molecule has 3 fully saturated rings. The van der Waals surface area contributed by atoms with Gasteiger partial charge in [0.05, 0.1) is 24.8 Å². The molecule has 0 aromatic heterocycles. The van der Waals surface area contributed by atoms with E-state index >= 15 is 0 Å². The van der Waals surface area contributed by atoms with Crippen molar-refractivity contribution in [2.24, 2.45) is 22.7 Å². The third-order valence-corrected chi connectivity index (χ3v) is 9.30.